The number of nitrogens with one attached hydrogen (secondary N) is 1. The van der Waals surface area contributed by atoms with Crippen LogP contribution in [0.4, 0.5) is 14.6 Å². The fourth-order valence-corrected chi connectivity index (χ4v) is 1.47. The summed E-state index contributed by atoms with van der Waals surface area (Å²) >= 11 is 1.36. The number of halogens is 3. The van der Waals surface area contributed by atoms with Crippen LogP contribution in [0.1, 0.15) is 12.0 Å². The summed E-state index contributed by atoms with van der Waals surface area (Å²) < 4.78 is 24.0. The molecule has 0 aliphatic heterocycles. The molecular formula is C6H3F2IN2O3. The first-order chi connectivity index (χ1) is 6.45. The number of nitro groups is 1. The highest BCUT2D eigenvalue weighted by atomic mass is 127. The zero-order chi connectivity index (χ0) is 10.9. The number of aromatic nitrogens is 1. The van der Waals surface area contributed by atoms with Gasteiger partial charge < -0.3 is 10.1 Å². The van der Waals surface area contributed by atoms with Crippen LogP contribution in [0.2, 0.25) is 0 Å². The Kier molecular flexibility index (Phi) is 3.13. The fourth-order valence-electron chi connectivity index (χ4n) is 0.804. The monoisotopic (exact) mass is 316 g/mol. The second kappa shape index (κ2) is 3.98. The lowest BCUT2D eigenvalue weighted by Crippen LogP contribution is -2.15. The second-order valence-electron chi connectivity index (χ2n) is 2.29. The molecule has 0 fully saturated rings. The molecule has 1 aromatic rings. The van der Waals surface area contributed by atoms with Gasteiger partial charge in [-0.05, 0) is 27.5 Å². The molecule has 0 radical (unpaired) electrons. The smallest absolute Gasteiger partial charge is 0.338 e. The van der Waals surface area contributed by atoms with E-state index in [1.165, 1.54) is 22.6 Å². The highest BCUT2D eigenvalue weighted by Gasteiger charge is 2.21. The quantitative estimate of drug-likeness (QED) is 0.514. The van der Waals surface area contributed by atoms with E-state index in [2.05, 4.69) is 0 Å². The standard InChI is InChI=1S/C6H3F2IN2O3/c7-5(8)2-1-10-6(11(13)14)3(9)4(2)12/h1,5H,(H,10,12). The van der Waals surface area contributed by atoms with E-state index in [0.29, 0.717) is 6.20 Å². The lowest BCUT2D eigenvalue weighted by Gasteiger charge is -1.99. The predicted octanol–water partition coefficient (Wildman–Crippen LogP) is 1.83. The van der Waals surface area contributed by atoms with Crippen molar-refractivity contribution < 1.29 is 13.7 Å². The number of nitrogens with zero attached hydrogens (tertiary/aromatic N) is 1. The van der Waals surface area contributed by atoms with Crippen LogP contribution in [0.3, 0.4) is 0 Å². The summed E-state index contributed by atoms with van der Waals surface area (Å²) in [4.78, 5) is 22.6. The molecule has 0 aliphatic carbocycles. The summed E-state index contributed by atoms with van der Waals surface area (Å²) in [5.41, 5.74) is -1.77. The molecule has 0 bridgehead atoms. The third kappa shape index (κ3) is 1.89. The average Bonchev–Trinajstić information content (AvgIpc) is 2.08. The van der Waals surface area contributed by atoms with E-state index in [1.54, 1.807) is 0 Å². The lowest BCUT2D eigenvalue weighted by atomic mass is 10.3. The Labute approximate surface area is 89.4 Å². The highest BCUT2D eigenvalue weighted by molar-refractivity contribution is 14.1. The minimum Gasteiger partial charge on any atom is -0.358 e. The van der Waals surface area contributed by atoms with Gasteiger partial charge in [-0.15, -0.1) is 0 Å². The molecule has 76 valence electrons. The van der Waals surface area contributed by atoms with Gasteiger partial charge in [-0.1, -0.05) is 0 Å². The Balaban J connectivity index is 3.42. The van der Waals surface area contributed by atoms with Crippen molar-refractivity contribution in [3.05, 3.63) is 35.7 Å². The van der Waals surface area contributed by atoms with Gasteiger partial charge in [-0.3, -0.25) is 4.79 Å². The number of H-pyrrole nitrogens is 1. The Morgan fingerprint density at radius 2 is 2.14 bits per heavy atom. The summed E-state index contributed by atoms with van der Waals surface area (Å²) in [7, 11) is 0. The summed E-state index contributed by atoms with van der Waals surface area (Å²) in [6, 6.07) is 0. The third-order valence-corrected chi connectivity index (χ3v) is 2.45. The van der Waals surface area contributed by atoms with Crippen LogP contribution in [0.5, 0.6) is 0 Å². The Hall–Kier alpha value is -1.06. The maximum atomic E-state index is 12.1. The molecule has 0 aliphatic rings. The number of hydrogen-bond donors (Lipinski definition) is 1. The summed E-state index contributed by atoms with van der Waals surface area (Å²) in [5, 5.41) is 10.3. The van der Waals surface area contributed by atoms with E-state index < -0.39 is 28.2 Å². The van der Waals surface area contributed by atoms with E-state index in [-0.39, 0.29) is 3.57 Å². The SMILES string of the molecule is O=c1c(C(F)F)c[nH]c([N+](=O)[O-])c1I. The molecule has 8 heteroatoms. The Bertz CT molecular complexity index is 432. The number of hydrogen-bond acceptors (Lipinski definition) is 3. The van der Waals surface area contributed by atoms with E-state index >= 15 is 0 Å². The minimum atomic E-state index is -2.94. The average molecular weight is 316 g/mol. The maximum absolute atomic E-state index is 12.1. The molecule has 1 heterocycles. The Morgan fingerprint density at radius 3 is 2.57 bits per heavy atom. The van der Waals surface area contributed by atoms with E-state index in [9.17, 15) is 23.7 Å². The van der Waals surface area contributed by atoms with E-state index in [0.717, 1.165) is 0 Å². The molecule has 0 atom stereocenters. The van der Waals surface area contributed by atoms with E-state index in [1.807, 2.05) is 4.98 Å². The van der Waals surface area contributed by atoms with Gasteiger partial charge in [0.2, 0.25) is 5.43 Å². The van der Waals surface area contributed by atoms with Gasteiger partial charge in [0.25, 0.3) is 6.43 Å². The maximum Gasteiger partial charge on any atom is 0.338 e. The van der Waals surface area contributed by atoms with E-state index in [4.69, 9.17) is 0 Å². The molecule has 0 spiro atoms. The van der Waals surface area contributed by atoms with Crippen molar-refractivity contribution in [3.8, 4) is 0 Å². The highest BCUT2D eigenvalue weighted by Crippen LogP contribution is 2.19. The fraction of sp³-hybridized carbons (Fsp3) is 0.167. The molecule has 5 nitrogen and oxygen atoms in total. The summed E-state index contributed by atoms with van der Waals surface area (Å²) in [5.74, 6) is -0.569. The molecule has 14 heavy (non-hydrogen) atoms. The van der Waals surface area contributed by atoms with Crippen LogP contribution in [0.25, 0.3) is 0 Å². The summed E-state index contributed by atoms with van der Waals surface area (Å²) in [6.45, 7) is 0. The van der Waals surface area contributed by atoms with Gasteiger partial charge in [-0.2, -0.15) is 0 Å². The molecule has 0 aromatic carbocycles. The minimum absolute atomic E-state index is 0.342. The number of aromatic amines is 1. The van der Waals surface area contributed by atoms with Gasteiger partial charge in [-0.25, -0.2) is 13.8 Å². The molecule has 1 aromatic heterocycles. The molecule has 0 saturated heterocycles. The lowest BCUT2D eigenvalue weighted by molar-refractivity contribution is -0.390. The van der Waals surface area contributed by atoms with Gasteiger partial charge in [0.1, 0.15) is 11.8 Å². The van der Waals surface area contributed by atoms with Gasteiger partial charge in [0, 0.05) is 0 Å². The van der Waals surface area contributed by atoms with Crippen molar-refractivity contribution in [1.29, 1.82) is 0 Å². The first kappa shape index (κ1) is 11.0. The van der Waals surface area contributed by atoms with Gasteiger partial charge >= 0.3 is 5.82 Å². The molecular weight excluding hydrogens is 313 g/mol. The molecule has 1 N–H and O–H groups in total. The van der Waals surface area contributed by atoms with Crippen molar-refractivity contribution in [1.82, 2.24) is 4.98 Å². The molecule has 0 unspecified atom stereocenters. The van der Waals surface area contributed by atoms with Crippen LogP contribution in [0.15, 0.2) is 11.0 Å². The van der Waals surface area contributed by atoms with Crippen molar-refractivity contribution in [2.24, 2.45) is 0 Å². The molecule has 0 saturated carbocycles. The first-order valence-corrected chi connectivity index (χ1v) is 4.36. The number of pyridine rings is 1. The number of alkyl halides is 2. The van der Waals surface area contributed by atoms with Crippen LogP contribution in [-0.4, -0.2) is 9.91 Å². The van der Waals surface area contributed by atoms with Crippen LogP contribution in [-0.2, 0) is 0 Å². The zero-order valence-corrected chi connectivity index (χ0v) is 8.62. The van der Waals surface area contributed by atoms with Crippen LogP contribution >= 0.6 is 22.6 Å². The predicted molar refractivity (Wildman–Crippen MR) is 51.4 cm³/mol. The largest absolute Gasteiger partial charge is 0.358 e. The topological polar surface area (TPSA) is 76.0 Å². The van der Waals surface area contributed by atoms with Crippen molar-refractivity contribution >= 4 is 28.4 Å². The van der Waals surface area contributed by atoms with Crippen LogP contribution in [0, 0.1) is 13.7 Å². The molecule has 0 amide bonds. The second-order valence-corrected chi connectivity index (χ2v) is 3.37. The van der Waals surface area contributed by atoms with Gasteiger partial charge in [0.05, 0.1) is 0 Å². The van der Waals surface area contributed by atoms with Crippen molar-refractivity contribution in [2.45, 2.75) is 6.43 Å². The number of rotatable bonds is 2. The zero-order valence-electron chi connectivity index (χ0n) is 6.46. The van der Waals surface area contributed by atoms with Crippen molar-refractivity contribution in [3.63, 3.8) is 0 Å². The Morgan fingerprint density at radius 1 is 1.57 bits per heavy atom. The van der Waals surface area contributed by atoms with Crippen LogP contribution < -0.4 is 5.43 Å². The van der Waals surface area contributed by atoms with Crippen molar-refractivity contribution in [2.75, 3.05) is 0 Å². The van der Waals surface area contributed by atoms with Gasteiger partial charge in [0.15, 0.2) is 3.57 Å². The molecule has 1 rings (SSSR count). The summed E-state index contributed by atoms with van der Waals surface area (Å²) in [6.07, 6.45) is -2.28. The first-order valence-electron chi connectivity index (χ1n) is 3.28. The normalized spacial score (nSPS) is 10.6. The third-order valence-electron chi connectivity index (χ3n) is 1.45.